The summed E-state index contributed by atoms with van der Waals surface area (Å²) < 4.78 is 13.2. The monoisotopic (exact) mass is 347 g/mol. The zero-order chi connectivity index (χ0) is 17.7. The van der Waals surface area contributed by atoms with E-state index >= 15 is 0 Å². The van der Waals surface area contributed by atoms with Crippen LogP contribution in [0.3, 0.4) is 0 Å². The molecule has 5 nitrogen and oxygen atoms in total. The highest BCUT2D eigenvalue weighted by molar-refractivity contribution is 6.33. The quantitative estimate of drug-likeness (QED) is 0.330. The maximum atomic E-state index is 13.2. The summed E-state index contributed by atoms with van der Waals surface area (Å²) in [5.74, 6) is 0.0746. The van der Waals surface area contributed by atoms with Crippen LogP contribution in [0.4, 0.5) is 15.8 Å². The van der Waals surface area contributed by atoms with E-state index in [0.29, 0.717) is 17.1 Å². The van der Waals surface area contributed by atoms with Gasteiger partial charge >= 0.3 is 0 Å². The van der Waals surface area contributed by atoms with Crippen LogP contribution in [0.5, 0.6) is 0 Å². The van der Waals surface area contributed by atoms with Gasteiger partial charge in [-0.15, -0.1) is 0 Å². The summed E-state index contributed by atoms with van der Waals surface area (Å²) in [4.78, 5) is 19.0. The molecule has 0 aliphatic carbocycles. The standard InChI is InChI=1S/C17H15ClFN3O2/c1-11(2)10-20-17(12-3-6-14(7-4-12)22(23)24)21-16-8-5-13(19)9-15(16)18/h3-11H,1-2H3. The number of nitro benzene ring substituents is 1. The van der Waals surface area contributed by atoms with Gasteiger partial charge in [-0.05, 0) is 36.2 Å². The molecule has 24 heavy (non-hydrogen) atoms. The smallest absolute Gasteiger partial charge is 0.258 e. The molecule has 0 aromatic heterocycles. The van der Waals surface area contributed by atoms with Crippen LogP contribution in [0.2, 0.25) is 5.02 Å². The average molecular weight is 348 g/mol. The summed E-state index contributed by atoms with van der Waals surface area (Å²) in [5.41, 5.74) is 0.941. The van der Waals surface area contributed by atoms with Gasteiger partial charge in [-0.3, -0.25) is 10.1 Å². The van der Waals surface area contributed by atoms with E-state index in [1.165, 1.54) is 30.3 Å². The van der Waals surface area contributed by atoms with Crippen LogP contribution in [0.25, 0.3) is 0 Å². The van der Waals surface area contributed by atoms with E-state index in [-0.39, 0.29) is 16.6 Å². The Balaban J connectivity index is 2.47. The van der Waals surface area contributed by atoms with Crippen molar-refractivity contribution in [3.63, 3.8) is 0 Å². The molecule has 2 aromatic carbocycles. The highest BCUT2D eigenvalue weighted by Gasteiger charge is 2.09. The van der Waals surface area contributed by atoms with Crippen LogP contribution in [-0.4, -0.2) is 17.0 Å². The predicted molar refractivity (Wildman–Crippen MR) is 94.0 cm³/mol. The van der Waals surface area contributed by atoms with Crippen molar-refractivity contribution < 1.29 is 9.31 Å². The second-order valence-corrected chi connectivity index (χ2v) is 5.76. The van der Waals surface area contributed by atoms with Crippen molar-refractivity contribution in [2.45, 2.75) is 13.8 Å². The lowest BCUT2D eigenvalue weighted by Crippen LogP contribution is -2.00. The van der Waals surface area contributed by atoms with Gasteiger partial charge in [0.2, 0.25) is 0 Å². The molecular weight excluding hydrogens is 333 g/mol. The Bertz CT molecular complexity index is 802. The summed E-state index contributed by atoms with van der Waals surface area (Å²) in [5, 5.41) is 10.9. The molecule has 0 spiro atoms. The summed E-state index contributed by atoms with van der Waals surface area (Å²) in [7, 11) is 0. The summed E-state index contributed by atoms with van der Waals surface area (Å²) >= 11 is 6.00. The number of nitrogens with zero attached hydrogens (tertiary/aromatic N) is 3. The van der Waals surface area contributed by atoms with Crippen molar-refractivity contribution in [1.29, 1.82) is 0 Å². The molecule has 0 saturated heterocycles. The molecule has 0 N–H and O–H groups in total. The molecule has 0 amide bonds. The van der Waals surface area contributed by atoms with Crippen LogP contribution in [0.1, 0.15) is 19.4 Å². The lowest BCUT2D eigenvalue weighted by Gasteiger charge is -2.04. The van der Waals surface area contributed by atoms with Gasteiger partial charge in [0.05, 0.1) is 15.6 Å². The maximum Gasteiger partial charge on any atom is 0.269 e. The topological polar surface area (TPSA) is 67.9 Å². The zero-order valence-corrected chi connectivity index (χ0v) is 13.9. The fourth-order valence-corrected chi connectivity index (χ4v) is 2.02. The summed E-state index contributed by atoms with van der Waals surface area (Å²) in [6.07, 6.45) is 1.71. The van der Waals surface area contributed by atoms with Crippen molar-refractivity contribution in [3.8, 4) is 0 Å². The lowest BCUT2D eigenvalue weighted by atomic mass is 10.2. The van der Waals surface area contributed by atoms with Crippen LogP contribution in [0.15, 0.2) is 52.4 Å². The third-order valence-corrected chi connectivity index (χ3v) is 3.27. The first-order chi connectivity index (χ1) is 11.4. The van der Waals surface area contributed by atoms with E-state index in [1.807, 2.05) is 13.8 Å². The number of rotatable bonds is 4. The molecule has 7 heteroatoms. The van der Waals surface area contributed by atoms with E-state index in [4.69, 9.17) is 11.6 Å². The van der Waals surface area contributed by atoms with Crippen molar-refractivity contribution in [2.24, 2.45) is 15.9 Å². The normalized spacial score (nSPS) is 12.1. The molecule has 124 valence electrons. The van der Waals surface area contributed by atoms with Crippen LogP contribution in [-0.2, 0) is 0 Å². The third-order valence-electron chi connectivity index (χ3n) is 2.97. The number of hydrogen-bond donors (Lipinski definition) is 0. The van der Waals surface area contributed by atoms with Crippen molar-refractivity contribution in [2.75, 3.05) is 0 Å². The Hall–Kier alpha value is -2.60. The Kier molecular flexibility index (Phi) is 5.76. The highest BCUT2D eigenvalue weighted by Crippen LogP contribution is 2.26. The Labute approximate surface area is 143 Å². The molecule has 0 aliphatic rings. The number of aliphatic imine (C=N–C) groups is 2. The number of halogens is 2. The van der Waals surface area contributed by atoms with Gasteiger partial charge in [0.25, 0.3) is 5.69 Å². The highest BCUT2D eigenvalue weighted by atomic mass is 35.5. The molecule has 0 bridgehead atoms. The second kappa shape index (κ2) is 7.79. The van der Waals surface area contributed by atoms with Gasteiger partial charge in [-0.2, -0.15) is 0 Å². The van der Waals surface area contributed by atoms with Gasteiger partial charge < -0.3 is 0 Å². The van der Waals surface area contributed by atoms with Crippen LogP contribution >= 0.6 is 11.6 Å². The maximum absolute atomic E-state index is 13.2. The third kappa shape index (κ3) is 4.70. The molecule has 0 fully saturated rings. The number of amidine groups is 1. The summed E-state index contributed by atoms with van der Waals surface area (Å²) in [6, 6.07) is 9.75. The minimum absolute atomic E-state index is 0.0225. The molecule has 2 aromatic rings. The molecule has 0 saturated carbocycles. The van der Waals surface area contributed by atoms with Crippen molar-refractivity contribution in [3.05, 3.63) is 69.0 Å². The molecule has 0 heterocycles. The molecule has 0 atom stereocenters. The Morgan fingerprint density at radius 2 is 1.92 bits per heavy atom. The van der Waals surface area contributed by atoms with Gasteiger partial charge in [0.15, 0.2) is 5.84 Å². The minimum Gasteiger partial charge on any atom is -0.258 e. The largest absolute Gasteiger partial charge is 0.269 e. The van der Waals surface area contributed by atoms with Crippen LogP contribution in [0, 0.1) is 21.8 Å². The minimum atomic E-state index is -0.477. The SMILES string of the molecule is CC(C)C=NC(=Nc1ccc(F)cc1Cl)c1ccc([N+](=O)[O-])cc1. The fraction of sp³-hybridized carbons (Fsp3) is 0.176. The van der Waals surface area contributed by atoms with E-state index in [9.17, 15) is 14.5 Å². The predicted octanol–water partition coefficient (Wildman–Crippen LogP) is 5.19. The fourth-order valence-electron chi connectivity index (χ4n) is 1.81. The number of nitro groups is 1. The first-order valence-electron chi connectivity index (χ1n) is 7.19. The van der Waals surface area contributed by atoms with E-state index < -0.39 is 10.7 Å². The number of non-ortho nitro benzene ring substituents is 1. The first kappa shape index (κ1) is 17.7. The lowest BCUT2D eigenvalue weighted by molar-refractivity contribution is -0.384. The molecule has 0 aliphatic heterocycles. The number of benzene rings is 2. The Morgan fingerprint density at radius 1 is 1.25 bits per heavy atom. The second-order valence-electron chi connectivity index (χ2n) is 5.36. The zero-order valence-electron chi connectivity index (χ0n) is 13.1. The first-order valence-corrected chi connectivity index (χ1v) is 7.57. The van der Waals surface area contributed by atoms with Gasteiger partial charge in [-0.25, -0.2) is 14.4 Å². The van der Waals surface area contributed by atoms with E-state index in [0.717, 1.165) is 0 Å². The molecule has 0 unspecified atom stereocenters. The molecule has 2 rings (SSSR count). The average Bonchev–Trinajstić information content (AvgIpc) is 2.53. The van der Waals surface area contributed by atoms with Gasteiger partial charge in [0, 0.05) is 23.9 Å². The van der Waals surface area contributed by atoms with Gasteiger partial charge in [0.1, 0.15) is 5.82 Å². The van der Waals surface area contributed by atoms with Crippen LogP contribution < -0.4 is 0 Å². The molecular formula is C17H15ClFN3O2. The Morgan fingerprint density at radius 3 is 2.46 bits per heavy atom. The molecule has 0 radical (unpaired) electrons. The van der Waals surface area contributed by atoms with Crippen molar-refractivity contribution in [1.82, 2.24) is 0 Å². The van der Waals surface area contributed by atoms with Crippen molar-refractivity contribution >= 4 is 35.0 Å². The van der Waals surface area contributed by atoms with E-state index in [1.54, 1.807) is 18.3 Å². The number of hydrogen-bond acceptors (Lipinski definition) is 3. The summed E-state index contributed by atoms with van der Waals surface area (Å²) in [6.45, 7) is 3.92. The van der Waals surface area contributed by atoms with E-state index in [2.05, 4.69) is 9.98 Å². The van der Waals surface area contributed by atoms with Gasteiger partial charge in [-0.1, -0.05) is 25.4 Å².